The molecule has 0 aliphatic rings. The molecular formula is C17H21ClN4O. The van der Waals surface area contributed by atoms with Crippen molar-refractivity contribution in [1.82, 2.24) is 14.9 Å². The van der Waals surface area contributed by atoms with Crippen molar-refractivity contribution in [3.05, 3.63) is 47.2 Å². The molecule has 6 heteroatoms. The molecule has 23 heavy (non-hydrogen) atoms. The Hall–Kier alpha value is -2.14. The zero-order valence-electron chi connectivity index (χ0n) is 13.4. The Labute approximate surface area is 141 Å². The molecule has 2 rings (SSSR count). The van der Waals surface area contributed by atoms with Gasteiger partial charge >= 0.3 is 0 Å². The predicted octanol–water partition coefficient (Wildman–Crippen LogP) is 4.14. The number of para-hydroxylation sites is 1. The van der Waals surface area contributed by atoms with Gasteiger partial charge in [-0.15, -0.1) is 0 Å². The second kappa shape index (κ2) is 8.48. The lowest BCUT2D eigenvalue weighted by Crippen LogP contribution is -2.32. The van der Waals surface area contributed by atoms with Crippen molar-refractivity contribution in [3.8, 4) is 0 Å². The van der Waals surface area contributed by atoms with Crippen LogP contribution in [-0.4, -0.2) is 33.9 Å². The molecule has 0 saturated heterocycles. The summed E-state index contributed by atoms with van der Waals surface area (Å²) in [5.41, 5.74) is 1.23. The van der Waals surface area contributed by atoms with Crippen molar-refractivity contribution in [2.45, 2.75) is 26.7 Å². The SMILES string of the molecule is CCCN(CCC)C(=O)c1cnc(Nc2ccccc2Cl)nc1. The van der Waals surface area contributed by atoms with Crippen LogP contribution in [0.4, 0.5) is 11.6 Å². The second-order valence-electron chi connectivity index (χ2n) is 5.19. The summed E-state index contributed by atoms with van der Waals surface area (Å²) in [5, 5.41) is 3.63. The van der Waals surface area contributed by atoms with Crippen LogP contribution in [0.15, 0.2) is 36.7 Å². The molecule has 0 saturated carbocycles. The van der Waals surface area contributed by atoms with E-state index in [9.17, 15) is 4.79 Å². The maximum atomic E-state index is 12.5. The number of nitrogens with zero attached hydrogens (tertiary/aromatic N) is 3. The average molecular weight is 333 g/mol. The minimum Gasteiger partial charge on any atom is -0.339 e. The molecule has 0 bridgehead atoms. The number of halogens is 1. The van der Waals surface area contributed by atoms with Crippen LogP contribution in [0.3, 0.4) is 0 Å². The van der Waals surface area contributed by atoms with Gasteiger partial charge in [-0.05, 0) is 25.0 Å². The maximum absolute atomic E-state index is 12.5. The van der Waals surface area contributed by atoms with E-state index in [1.165, 1.54) is 0 Å². The van der Waals surface area contributed by atoms with Gasteiger partial charge < -0.3 is 10.2 Å². The molecule has 1 amide bonds. The van der Waals surface area contributed by atoms with Crippen LogP contribution in [0, 0.1) is 0 Å². The monoisotopic (exact) mass is 332 g/mol. The molecule has 122 valence electrons. The van der Waals surface area contributed by atoms with E-state index in [2.05, 4.69) is 29.1 Å². The molecule has 0 aliphatic carbocycles. The fraction of sp³-hybridized carbons (Fsp3) is 0.353. The average Bonchev–Trinajstić information content (AvgIpc) is 2.57. The first-order valence-electron chi connectivity index (χ1n) is 7.78. The van der Waals surface area contributed by atoms with Gasteiger partial charge in [0, 0.05) is 25.5 Å². The standard InChI is InChI=1S/C17H21ClN4O/c1-3-9-22(10-4-2)16(23)13-11-19-17(20-12-13)21-15-8-6-5-7-14(15)18/h5-8,11-12H,3-4,9-10H2,1-2H3,(H,19,20,21). The lowest BCUT2D eigenvalue weighted by molar-refractivity contribution is 0.0755. The smallest absolute Gasteiger partial charge is 0.256 e. The molecule has 0 spiro atoms. The number of carbonyl (C=O) groups excluding carboxylic acids is 1. The van der Waals surface area contributed by atoms with Gasteiger partial charge in [0.15, 0.2) is 0 Å². The predicted molar refractivity (Wildman–Crippen MR) is 93.3 cm³/mol. The van der Waals surface area contributed by atoms with Crippen LogP contribution in [0.2, 0.25) is 5.02 Å². The summed E-state index contributed by atoms with van der Waals surface area (Å²) in [6, 6.07) is 7.36. The van der Waals surface area contributed by atoms with Gasteiger partial charge in [-0.1, -0.05) is 37.6 Å². The molecule has 2 aromatic rings. The zero-order valence-corrected chi connectivity index (χ0v) is 14.2. The lowest BCUT2D eigenvalue weighted by Gasteiger charge is -2.21. The molecule has 1 aromatic heterocycles. The molecular weight excluding hydrogens is 312 g/mol. The highest BCUT2D eigenvalue weighted by Crippen LogP contribution is 2.22. The number of nitrogens with one attached hydrogen (secondary N) is 1. The Balaban J connectivity index is 2.09. The number of carbonyl (C=O) groups is 1. The minimum absolute atomic E-state index is 0.0296. The van der Waals surface area contributed by atoms with Gasteiger partial charge in [0.05, 0.1) is 16.3 Å². The number of amides is 1. The highest BCUT2D eigenvalue weighted by Gasteiger charge is 2.15. The fourth-order valence-corrected chi connectivity index (χ4v) is 2.41. The van der Waals surface area contributed by atoms with E-state index in [4.69, 9.17) is 11.6 Å². The van der Waals surface area contributed by atoms with Crippen LogP contribution in [0.5, 0.6) is 0 Å². The first-order chi connectivity index (χ1) is 11.2. The van der Waals surface area contributed by atoms with E-state index < -0.39 is 0 Å². The van der Waals surface area contributed by atoms with Crippen LogP contribution in [-0.2, 0) is 0 Å². The molecule has 0 unspecified atom stereocenters. The van der Waals surface area contributed by atoms with Crippen molar-refractivity contribution in [2.24, 2.45) is 0 Å². The minimum atomic E-state index is -0.0296. The highest BCUT2D eigenvalue weighted by atomic mass is 35.5. The summed E-state index contributed by atoms with van der Waals surface area (Å²) in [6.45, 7) is 5.60. The van der Waals surface area contributed by atoms with Gasteiger partial charge in [-0.25, -0.2) is 9.97 Å². The summed E-state index contributed by atoms with van der Waals surface area (Å²) in [7, 11) is 0. The van der Waals surface area contributed by atoms with Gasteiger partial charge in [0.25, 0.3) is 5.91 Å². The van der Waals surface area contributed by atoms with Crippen LogP contribution in [0.1, 0.15) is 37.0 Å². The number of anilines is 2. The summed E-state index contributed by atoms with van der Waals surface area (Å²) in [6.07, 6.45) is 4.96. The number of hydrogen-bond acceptors (Lipinski definition) is 4. The second-order valence-corrected chi connectivity index (χ2v) is 5.60. The summed E-state index contributed by atoms with van der Waals surface area (Å²) in [5.74, 6) is 0.380. The van der Waals surface area contributed by atoms with Crippen molar-refractivity contribution < 1.29 is 4.79 Å². The molecule has 0 fully saturated rings. The summed E-state index contributed by atoms with van der Waals surface area (Å²) < 4.78 is 0. The van der Waals surface area contributed by atoms with Gasteiger partial charge in [0.1, 0.15) is 0 Å². The van der Waals surface area contributed by atoms with Crippen LogP contribution >= 0.6 is 11.6 Å². The van der Waals surface area contributed by atoms with Crippen LogP contribution < -0.4 is 5.32 Å². The van der Waals surface area contributed by atoms with Crippen LogP contribution in [0.25, 0.3) is 0 Å². The Morgan fingerprint density at radius 2 is 1.74 bits per heavy atom. The van der Waals surface area contributed by atoms with E-state index in [0.29, 0.717) is 16.5 Å². The Morgan fingerprint density at radius 3 is 2.30 bits per heavy atom. The third-order valence-corrected chi connectivity index (χ3v) is 3.62. The third kappa shape index (κ3) is 4.66. The van der Waals surface area contributed by atoms with E-state index in [1.54, 1.807) is 18.5 Å². The van der Waals surface area contributed by atoms with Crippen molar-refractivity contribution >= 4 is 29.1 Å². The Morgan fingerprint density at radius 1 is 1.13 bits per heavy atom. The topological polar surface area (TPSA) is 58.1 Å². The molecule has 0 atom stereocenters. The number of benzene rings is 1. The summed E-state index contributed by atoms with van der Waals surface area (Å²) >= 11 is 6.09. The fourth-order valence-electron chi connectivity index (χ4n) is 2.22. The first-order valence-corrected chi connectivity index (χ1v) is 8.16. The number of aromatic nitrogens is 2. The molecule has 0 aliphatic heterocycles. The van der Waals surface area contributed by atoms with E-state index in [0.717, 1.165) is 31.6 Å². The summed E-state index contributed by atoms with van der Waals surface area (Å²) in [4.78, 5) is 22.7. The van der Waals surface area contributed by atoms with E-state index in [1.807, 2.05) is 23.1 Å². The zero-order chi connectivity index (χ0) is 16.7. The Bertz CT molecular complexity index is 639. The molecule has 1 aromatic carbocycles. The van der Waals surface area contributed by atoms with Crippen molar-refractivity contribution in [2.75, 3.05) is 18.4 Å². The van der Waals surface area contributed by atoms with Crippen molar-refractivity contribution in [1.29, 1.82) is 0 Å². The van der Waals surface area contributed by atoms with Gasteiger partial charge in [-0.3, -0.25) is 4.79 Å². The van der Waals surface area contributed by atoms with Gasteiger partial charge in [0.2, 0.25) is 5.95 Å². The molecule has 1 N–H and O–H groups in total. The first kappa shape index (κ1) is 17.2. The van der Waals surface area contributed by atoms with E-state index in [-0.39, 0.29) is 5.91 Å². The maximum Gasteiger partial charge on any atom is 0.256 e. The quantitative estimate of drug-likeness (QED) is 0.828. The molecule has 5 nitrogen and oxygen atoms in total. The molecule has 1 heterocycles. The third-order valence-electron chi connectivity index (χ3n) is 3.29. The number of hydrogen-bond donors (Lipinski definition) is 1. The van der Waals surface area contributed by atoms with Gasteiger partial charge in [-0.2, -0.15) is 0 Å². The normalized spacial score (nSPS) is 10.4. The lowest BCUT2D eigenvalue weighted by atomic mass is 10.2. The largest absolute Gasteiger partial charge is 0.339 e. The molecule has 0 radical (unpaired) electrons. The van der Waals surface area contributed by atoms with E-state index >= 15 is 0 Å². The van der Waals surface area contributed by atoms with Crippen molar-refractivity contribution in [3.63, 3.8) is 0 Å². The Kier molecular flexibility index (Phi) is 6.35. The number of rotatable bonds is 7. The highest BCUT2D eigenvalue weighted by molar-refractivity contribution is 6.33.